The molecule has 0 radical (unpaired) electrons. The molecule has 0 amide bonds. The maximum absolute atomic E-state index is 2.42. The highest BCUT2D eigenvalue weighted by molar-refractivity contribution is 5.94. The molecule has 0 saturated heterocycles. The molecule has 0 nitrogen and oxygen atoms in total. The van der Waals surface area contributed by atoms with Crippen molar-refractivity contribution in [1.82, 2.24) is 0 Å². The van der Waals surface area contributed by atoms with Crippen LogP contribution in [-0.2, 0) is 47.3 Å². The fourth-order valence-electron chi connectivity index (χ4n) is 22.8. The van der Waals surface area contributed by atoms with E-state index in [-0.39, 0.29) is 21.7 Å². The highest BCUT2D eigenvalue weighted by atomic mass is 14.6. The normalized spacial score (nSPS) is 13.4. The maximum atomic E-state index is 2.42. The van der Waals surface area contributed by atoms with Gasteiger partial charge >= 0.3 is 0 Å². The molecular weight excluding hydrogens is 1540 g/mol. The van der Waals surface area contributed by atoms with Gasteiger partial charge in [0.2, 0.25) is 0 Å². The predicted octanol–water partition coefficient (Wildman–Crippen LogP) is 34.5. The molecule has 8 aliphatic carbocycles. The number of hydrogen-bond donors (Lipinski definition) is 0. The van der Waals surface area contributed by atoms with Crippen molar-refractivity contribution < 1.29 is 0 Å². The van der Waals surface area contributed by atoms with Crippen LogP contribution < -0.4 is 0 Å². The van der Waals surface area contributed by atoms with Crippen LogP contribution in [0.3, 0.4) is 0 Å². The minimum atomic E-state index is -0.215. The summed E-state index contributed by atoms with van der Waals surface area (Å²) in [6, 6.07) is 128. The first-order valence-corrected chi connectivity index (χ1v) is 48.4. The van der Waals surface area contributed by atoms with Crippen molar-refractivity contribution >= 4 is 0 Å². The largest absolute Gasteiger partial charge is 0.0724 e. The van der Waals surface area contributed by atoms with Crippen LogP contribution in [0.4, 0.5) is 0 Å². The Kier molecular flexibility index (Phi) is 29.3. The van der Waals surface area contributed by atoms with Crippen LogP contribution in [0.1, 0.15) is 289 Å². The van der Waals surface area contributed by atoms with E-state index in [0.717, 1.165) is 25.7 Å². The molecule has 8 aliphatic rings. The molecule has 648 valence electrons. The zero-order chi connectivity index (χ0) is 91.5. The Bertz CT molecular complexity index is 6150. The molecule has 0 N–H and O–H groups in total. The van der Waals surface area contributed by atoms with E-state index in [1.165, 1.54) is 223 Å². The lowest BCUT2D eigenvalue weighted by Gasteiger charge is -2.41. The van der Waals surface area contributed by atoms with Crippen molar-refractivity contribution in [3.05, 3.63) is 518 Å². The van der Waals surface area contributed by atoms with Crippen molar-refractivity contribution in [3.8, 4) is 44.5 Å². The molecule has 16 aromatic rings. The molecule has 0 bridgehead atoms. The molecule has 0 unspecified atom stereocenters. The molecule has 0 aromatic heterocycles. The van der Waals surface area contributed by atoms with E-state index in [0.29, 0.717) is 0 Å². The second-order valence-corrected chi connectivity index (χ2v) is 33.2. The van der Waals surface area contributed by atoms with Gasteiger partial charge in [0, 0.05) is 0 Å². The van der Waals surface area contributed by atoms with E-state index in [4.69, 9.17) is 0 Å². The number of aryl methyl sites for hydroxylation is 8. The predicted molar refractivity (Wildman–Crippen MR) is 555 cm³/mol. The molecule has 4 spiro atoms. The minimum absolute atomic E-state index is 0.211. The Morgan fingerprint density at radius 2 is 0.359 bits per heavy atom. The van der Waals surface area contributed by atoms with Crippen LogP contribution in [0.25, 0.3) is 44.5 Å². The molecule has 0 heteroatoms. The first kappa shape index (κ1) is 93.2. The summed E-state index contributed by atoms with van der Waals surface area (Å²) in [5.41, 5.74) is 55.9. The van der Waals surface area contributed by atoms with Crippen molar-refractivity contribution in [1.29, 1.82) is 0 Å². The molecule has 0 atom stereocenters. The molecule has 0 aliphatic heterocycles. The third-order valence-corrected chi connectivity index (χ3v) is 27.0. The summed E-state index contributed by atoms with van der Waals surface area (Å²) in [5.74, 6) is 0. The van der Waals surface area contributed by atoms with Gasteiger partial charge in [-0.15, -0.1) is 0 Å². The fraction of sp³-hybridized carbons (Fsp3) is 0.250. The van der Waals surface area contributed by atoms with Crippen LogP contribution >= 0.6 is 0 Å². The van der Waals surface area contributed by atoms with Gasteiger partial charge in [0.1, 0.15) is 0 Å². The van der Waals surface area contributed by atoms with E-state index >= 15 is 0 Å². The van der Waals surface area contributed by atoms with Crippen LogP contribution in [-0.4, -0.2) is 0 Å². The monoisotopic (exact) mass is 1670 g/mol. The van der Waals surface area contributed by atoms with E-state index in [2.05, 4.69) is 395 Å². The fourth-order valence-corrected chi connectivity index (χ4v) is 22.8. The lowest BCUT2D eigenvalue weighted by Crippen LogP contribution is -2.35. The summed E-state index contributed by atoms with van der Waals surface area (Å²) >= 11 is 0. The number of rotatable bonds is 0. The van der Waals surface area contributed by atoms with Crippen molar-refractivity contribution in [2.24, 2.45) is 0 Å². The maximum Gasteiger partial charge on any atom is 0.0724 e. The summed E-state index contributed by atoms with van der Waals surface area (Å²) in [6.45, 7) is 49.9. The highest BCUT2D eigenvalue weighted by Gasteiger charge is 2.55. The first-order chi connectivity index (χ1) is 62.8. The van der Waals surface area contributed by atoms with Crippen LogP contribution in [0, 0.1) is 55.4 Å². The summed E-state index contributed by atoms with van der Waals surface area (Å²) in [4.78, 5) is 0. The Balaban J connectivity index is 0.000000138. The summed E-state index contributed by atoms with van der Waals surface area (Å²) < 4.78 is 0. The standard InChI is InChI=1S/4C28H22.8C2H6/c1-18-9-7-13-22-23-14-8-10-19(2)27(23)28(26(18)22)24-15-5-3-11-20(24)17-21-12-4-6-16-25(21)28;1-18-9-7-15-24-26(18)27-19(2)10-8-16-25(27)28(24)22-13-5-3-11-20(22)17-21-12-4-6-14-23(21)28;1-18-11-13-26-22(15-18)23-16-19(2)12-14-27(23)28(26)24-9-5-3-7-20(24)17-21-8-4-6-10-25(21)28;1-18-11-13-22-23-14-12-19(2)16-27(23)28(26(22)15-18)24-9-5-3-7-20(24)17-21-8-4-6-10-25(21)28;8*1-2/h4*3-16H,17H2,1-2H3;8*1-2H3. The molecule has 0 heterocycles. The lowest BCUT2D eigenvalue weighted by molar-refractivity contribution is 0.712. The zero-order valence-corrected chi connectivity index (χ0v) is 81.2. The van der Waals surface area contributed by atoms with Gasteiger partial charge in [-0.2, -0.15) is 0 Å². The van der Waals surface area contributed by atoms with E-state index in [9.17, 15) is 0 Å². The summed E-state index contributed by atoms with van der Waals surface area (Å²) in [5, 5.41) is 0. The van der Waals surface area contributed by atoms with Gasteiger partial charge in [0.15, 0.2) is 0 Å². The van der Waals surface area contributed by atoms with Crippen LogP contribution in [0.2, 0.25) is 0 Å². The van der Waals surface area contributed by atoms with Gasteiger partial charge in [-0.25, -0.2) is 0 Å². The van der Waals surface area contributed by atoms with Crippen molar-refractivity contribution in [2.75, 3.05) is 0 Å². The molecule has 24 rings (SSSR count). The van der Waals surface area contributed by atoms with Gasteiger partial charge in [0.05, 0.1) is 21.7 Å². The summed E-state index contributed by atoms with van der Waals surface area (Å²) in [7, 11) is 0. The second kappa shape index (κ2) is 40.2. The van der Waals surface area contributed by atoms with Gasteiger partial charge in [0.25, 0.3) is 0 Å². The second-order valence-electron chi connectivity index (χ2n) is 33.2. The zero-order valence-electron chi connectivity index (χ0n) is 81.2. The highest BCUT2D eigenvalue weighted by Crippen LogP contribution is 2.65. The van der Waals surface area contributed by atoms with Crippen molar-refractivity contribution in [3.63, 3.8) is 0 Å². The van der Waals surface area contributed by atoms with E-state index in [1.54, 1.807) is 0 Å². The lowest BCUT2D eigenvalue weighted by atomic mass is 9.60. The first-order valence-electron chi connectivity index (χ1n) is 48.4. The Morgan fingerprint density at radius 3 is 0.641 bits per heavy atom. The number of hydrogen-bond acceptors (Lipinski definition) is 0. The molecular formula is C128H136. The molecule has 0 fully saturated rings. The van der Waals surface area contributed by atoms with Gasteiger partial charge < -0.3 is 0 Å². The topological polar surface area (TPSA) is 0 Å². The third kappa shape index (κ3) is 14.8. The van der Waals surface area contributed by atoms with Crippen LogP contribution in [0.5, 0.6) is 0 Å². The average molecular weight is 1670 g/mol. The number of fused-ring (bicyclic) bond motifs is 36. The smallest absolute Gasteiger partial charge is 0.0683 e. The quantitative estimate of drug-likeness (QED) is 0.142. The number of benzene rings is 16. The Labute approximate surface area is 770 Å². The Hall–Kier alpha value is -12.5. The third-order valence-electron chi connectivity index (χ3n) is 27.0. The van der Waals surface area contributed by atoms with E-state index < -0.39 is 0 Å². The SMILES string of the molecule is CC.CC.CC.CC.CC.CC.CC.CC.Cc1ccc2c(c1)-c1cc(C)ccc1C21c2ccccc2Cc2ccccc21.Cc1ccc2c(c1)C1(c3ccccc3Cc3ccccc31)c1cc(C)ccc1-2.Cc1cccc2c1-c1c(C)cccc1C21c2ccccc2Cc2ccccc21.Cc1cccc2c1C1(c3ccccc3Cc3ccccc31)c1c(C)cccc1-2. The van der Waals surface area contributed by atoms with Crippen molar-refractivity contribution in [2.45, 2.75) is 214 Å². The molecule has 0 saturated carbocycles. The minimum Gasteiger partial charge on any atom is -0.0683 e. The Morgan fingerprint density at radius 1 is 0.148 bits per heavy atom. The van der Waals surface area contributed by atoms with Gasteiger partial charge in [-0.05, 0) is 281 Å². The van der Waals surface area contributed by atoms with Gasteiger partial charge in [-0.1, -0.05) is 473 Å². The van der Waals surface area contributed by atoms with Gasteiger partial charge in [-0.3, -0.25) is 0 Å². The average Bonchev–Trinajstić information content (AvgIpc) is 1.33. The van der Waals surface area contributed by atoms with Crippen LogP contribution in [0.15, 0.2) is 340 Å². The summed E-state index contributed by atoms with van der Waals surface area (Å²) in [6.07, 6.45) is 4.04. The molecule has 128 heavy (non-hydrogen) atoms. The molecule has 16 aromatic carbocycles. The van der Waals surface area contributed by atoms with E-state index in [1.807, 2.05) is 111 Å².